The molecule has 4 N–H and O–H groups in total. The zero-order valence-electron chi connectivity index (χ0n) is 9.86. The molecule has 0 fully saturated rings. The number of hydrazine groups is 1. The van der Waals surface area contributed by atoms with Gasteiger partial charge in [-0.25, -0.2) is 5.84 Å². The highest BCUT2D eigenvalue weighted by atomic mass is 16.3. The van der Waals surface area contributed by atoms with Gasteiger partial charge < -0.3 is 5.11 Å². The third-order valence-corrected chi connectivity index (χ3v) is 2.43. The maximum Gasteiger partial charge on any atom is 0.251 e. The summed E-state index contributed by atoms with van der Waals surface area (Å²) in [7, 11) is 0. The first-order valence-electron chi connectivity index (χ1n) is 5.45. The van der Waals surface area contributed by atoms with Crippen molar-refractivity contribution in [2.45, 2.75) is 45.7 Å². The van der Waals surface area contributed by atoms with Crippen LogP contribution < -0.4 is 11.3 Å². The molecule has 0 saturated heterocycles. The fourth-order valence-electron chi connectivity index (χ4n) is 1.71. The summed E-state index contributed by atoms with van der Waals surface area (Å²) in [4.78, 5) is 13.5. The number of nitrogens with zero attached hydrogens (tertiary/aromatic N) is 1. The van der Waals surface area contributed by atoms with Crippen LogP contribution in [0, 0.1) is 0 Å². The first-order valence-corrected chi connectivity index (χ1v) is 5.45. The van der Waals surface area contributed by atoms with E-state index in [2.05, 4.69) is 5.43 Å². The minimum Gasteiger partial charge on any atom is -0.395 e. The van der Waals surface area contributed by atoms with Gasteiger partial charge in [0.05, 0.1) is 12.6 Å². The zero-order chi connectivity index (χ0) is 11.8. The van der Waals surface area contributed by atoms with Crippen LogP contribution in [0.2, 0.25) is 0 Å². The SMILES string of the molecule is CCCC(C(=O)NN)N(CCO)C(C)C. The summed E-state index contributed by atoms with van der Waals surface area (Å²) in [6.45, 7) is 6.57. The molecule has 0 aromatic rings. The zero-order valence-corrected chi connectivity index (χ0v) is 9.86. The van der Waals surface area contributed by atoms with Crippen LogP contribution in [0.3, 0.4) is 0 Å². The normalized spacial score (nSPS) is 13.3. The molecular weight excluding hydrogens is 194 g/mol. The molecule has 0 rings (SSSR count). The Hall–Kier alpha value is -0.650. The molecule has 90 valence electrons. The number of amides is 1. The van der Waals surface area contributed by atoms with E-state index in [1.807, 2.05) is 25.7 Å². The Labute approximate surface area is 91.6 Å². The van der Waals surface area contributed by atoms with Gasteiger partial charge in [0.1, 0.15) is 0 Å². The molecule has 1 atom stereocenters. The number of nitrogens with one attached hydrogen (secondary N) is 1. The fourth-order valence-corrected chi connectivity index (χ4v) is 1.71. The average Bonchev–Trinajstić information content (AvgIpc) is 2.21. The van der Waals surface area contributed by atoms with E-state index in [4.69, 9.17) is 10.9 Å². The van der Waals surface area contributed by atoms with Gasteiger partial charge in [0.15, 0.2) is 0 Å². The van der Waals surface area contributed by atoms with Crippen LogP contribution in [-0.4, -0.2) is 41.1 Å². The molecule has 1 amide bonds. The first kappa shape index (κ1) is 14.3. The molecule has 5 nitrogen and oxygen atoms in total. The minimum atomic E-state index is -0.243. The van der Waals surface area contributed by atoms with Crippen molar-refractivity contribution in [2.24, 2.45) is 5.84 Å². The van der Waals surface area contributed by atoms with Gasteiger partial charge in [-0.2, -0.15) is 0 Å². The summed E-state index contributed by atoms with van der Waals surface area (Å²) in [6, 6.07) is -0.0295. The van der Waals surface area contributed by atoms with Crippen molar-refractivity contribution >= 4 is 5.91 Å². The van der Waals surface area contributed by atoms with E-state index >= 15 is 0 Å². The van der Waals surface area contributed by atoms with Gasteiger partial charge in [0.2, 0.25) is 0 Å². The van der Waals surface area contributed by atoms with Crippen molar-refractivity contribution in [1.82, 2.24) is 10.3 Å². The molecule has 0 aromatic carbocycles. The minimum absolute atomic E-state index is 0.0518. The maximum atomic E-state index is 11.6. The lowest BCUT2D eigenvalue weighted by atomic mass is 10.1. The van der Waals surface area contributed by atoms with Crippen LogP contribution in [-0.2, 0) is 4.79 Å². The molecular formula is C10H23N3O2. The Bertz CT molecular complexity index is 186. The number of nitrogens with two attached hydrogens (primary N) is 1. The van der Waals surface area contributed by atoms with E-state index in [-0.39, 0.29) is 24.6 Å². The van der Waals surface area contributed by atoms with Crippen LogP contribution in [0.15, 0.2) is 0 Å². The Morgan fingerprint density at radius 3 is 2.47 bits per heavy atom. The molecule has 0 saturated carbocycles. The predicted molar refractivity (Wildman–Crippen MR) is 60.0 cm³/mol. The van der Waals surface area contributed by atoms with Gasteiger partial charge in [-0.1, -0.05) is 13.3 Å². The van der Waals surface area contributed by atoms with Crippen LogP contribution in [0.5, 0.6) is 0 Å². The van der Waals surface area contributed by atoms with Gasteiger partial charge in [0, 0.05) is 12.6 Å². The topological polar surface area (TPSA) is 78.6 Å². The second kappa shape index (κ2) is 7.62. The van der Waals surface area contributed by atoms with Gasteiger partial charge >= 0.3 is 0 Å². The molecule has 0 aliphatic heterocycles. The van der Waals surface area contributed by atoms with E-state index in [0.29, 0.717) is 6.54 Å². The smallest absolute Gasteiger partial charge is 0.251 e. The molecule has 0 aliphatic carbocycles. The lowest BCUT2D eigenvalue weighted by Crippen LogP contribution is -2.52. The lowest BCUT2D eigenvalue weighted by molar-refractivity contribution is -0.127. The number of hydrogen-bond acceptors (Lipinski definition) is 4. The van der Waals surface area contributed by atoms with E-state index < -0.39 is 0 Å². The van der Waals surface area contributed by atoms with Crippen molar-refractivity contribution in [1.29, 1.82) is 0 Å². The summed E-state index contributed by atoms with van der Waals surface area (Å²) in [6.07, 6.45) is 1.66. The highest BCUT2D eigenvalue weighted by Crippen LogP contribution is 2.10. The number of carbonyl (C=O) groups is 1. The predicted octanol–water partition coefficient (Wildman–Crippen LogP) is -0.152. The van der Waals surface area contributed by atoms with Crippen LogP contribution in [0.4, 0.5) is 0 Å². The number of hydrogen-bond donors (Lipinski definition) is 3. The molecule has 0 aromatic heterocycles. The van der Waals surface area contributed by atoms with Crippen LogP contribution >= 0.6 is 0 Å². The highest BCUT2D eigenvalue weighted by molar-refractivity contribution is 5.81. The number of aliphatic hydroxyl groups is 1. The summed E-state index contributed by atoms with van der Waals surface area (Å²) in [5.41, 5.74) is 2.18. The largest absolute Gasteiger partial charge is 0.395 e. The van der Waals surface area contributed by atoms with Crippen molar-refractivity contribution in [3.63, 3.8) is 0 Å². The van der Waals surface area contributed by atoms with E-state index in [1.54, 1.807) is 0 Å². The monoisotopic (exact) mass is 217 g/mol. The van der Waals surface area contributed by atoms with Gasteiger partial charge in [-0.3, -0.25) is 15.1 Å². The van der Waals surface area contributed by atoms with Crippen molar-refractivity contribution in [3.8, 4) is 0 Å². The molecule has 0 radical (unpaired) electrons. The standard InChI is InChI=1S/C10H23N3O2/c1-4-5-9(10(15)12-11)13(6-7-14)8(2)3/h8-9,14H,4-7,11H2,1-3H3,(H,12,15). The lowest BCUT2D eigenvalue weighted by Gasteiger charge is -2.32. The molecule has 0 spiro atoms. The number of carbonyl (C=O) groups excluding carboxylic acids is 1. The van der Waals surface area contributed by atoms with Crippen LogP contribution in [0.1, 0.15) is 33.6 Å². The first-order chi connectivity index (χ1) is 7.08. The highest BCUT2D eigenvalue weighted by Gasteiger charge is 2.25. The number of aliphatic hydroxyl groups excluding tert-OH is 1. The molecule has 5 heteroatoms. The van der Waals surface area contributed by atoms with Crippen molar-refractivity contribution in [2.75, 3.05) is 13.2 Å². The molecule has 15 heavy (non-hydrogen) atoms. The van der Waals surface area contributed by atoms with E-state index in [9.17, 15) is 4.79 Å². The average molecular weight is 217 g/mol. The molecule has 0 bridgehead atoms. The van der Waals surface area contributed by atoms with E-state index in [0.717, 1.165) is 12.8 Å². The summed E-state index contributed by atoms with van der Waals surface area (Å²) in [5.74, 6) is 4.97. The molecule has 0 heterocycles. The Kier molecular flexibility index (Phi) is 7.29. The fraction of sp³-hybridized carbons (Fsp3) is 0.900. The van der Waals surface area contributed by atoms with Crippen molar-refractivity contribution < 1.29 is 9.90 Å². The third-order valence-electron chi connectivity index (χ3n) is 2.43. The van der Waals surface area contributed by atoms with Crippen molar-refractivity contribution in [3.05, 3.63) is 0 Å². The van der Waals surface area contributed by atoms with Gasteiger partial charge in [-0.15, -0.1) is 0 Å². The third kappa shape index (κ3) is 4.59. The summed E-state index contributed by atoms with van der Waals surface area (Å²) in [5, 5.41) is 8.95. The maximum absolute atomic E-state index is 11.6. The Morgan fingerprint density at radius 1 is 1.53 bits per heavy atom. The quantitative estimate of drug-likeness (QED) is 0.315. The van der Waals surface area contributed by atoms with E-state index in [1.165, 1.54) is 0 Å². The summed E-state index contributed by atoms with van der Waals surface area (Å²) < 4.78 is 0. The second-order valence-corrected chi connectivity index (χ2v) is 3.87. The number of rotatable bonds is 7. The Morgan fingerprint density at radius 2 is 2.13 bits per heavy atom. The summed E-state index contributed by atoms with van der Waals surface area (Å²) >= 11 is 0. The van der Waals surface area contributed by atoms with Gasteiger partial charge in [0.25, 0.3) is 5.91 Å². The molecule has 0 aliphatic rings. The Balaban J connectivity index is 4.58. The second-order valence-electron chi connectivity index (χ2n) is 3.87. The molecule has 1 unspecified atom stereocenters. The van der Waals surface area contributed by atoms with Crippen LogP contribution in [0.25, 0.3) is 0 Å². The van der Waals surface area contributed by atoms with Gasteiger partial charge in [-0.05, 0) is 20.3 Å².